The van der Waals surface area contributed by atoms with E-state index in [4.69, 9.17) is 11.6 Å². The minimum absolute atomic E-state index is 0.0194. The van der Waals surface area contributed by atoms with Crippen molar-refractivity contribution < 1.29 is 13.2 Å². The number of pyridine rings is 1. The van der Waals surface area contributed by atoms with Crippen LogP contribution in [0.4, 0.5) is 24.7 Å². The molecule has 5 aromatic rings. The third kappa shape index (κ3) is 3.40. The Kier molecular flexibility index (Phi) is 4.90. The van der Waals surface area contributed by atoms with Crippen LogP contribution in [0.5, 0.6) is 0 Å². The highest BCUT2D eigenvalue weighted by atomic mass is 35.5. The quantitative estimate of drug-likeness (QED) is 0.341. The first-order valence-electron chi connectivity index (χ1n) is 9.49. The topological polar surface area (TPSA) is 59.2 Å². The molecule has 32 heavy (non-hydrogen) atoms. The van der Waals surface area contributed by atoms with Crippen molar-refractivity contribution in [3.05, 3.63) is 77.6 Å². The molecule has 0 bridgehead atoms. The van der Waals surface area contributed by atoms with Gasteiger partial charge in [-0.1, -0.05) is 29.8 Å². The average molecular weight is 455 g/mol. The van der Waals surface area contributed by atoms with Gasteiger partial charge in [0.05, 0.1) is 10.5 Å². The molecule has 3 aromatic heterocycles. The molecule has 3 heterocycles. The molecule has 2 aromatic carbocycles. The largest absolute Gasteiger partial charge is 0.329 e. The molecule has 10 heteroatoms. The van der Waals surface area contributed by atoms with E-state index in [0.717, 1.165) is 11.3 Å². The van der Waals surface area contributed by atoms with Crippen LogP contribution in [0.25, 0.3) is 27.8 Å². The fourth-order valence-electron chi connectivity index (χ4n) is 3.52. The number of aromatic nitrogens is 5. The van der Waals surface area contributed by atoms with E-state index in [0.29, 0.717) is 28.1 Å². The Bertz CT molecular complexity index is 1450. The van der Waals surface area contributed by atoms with Gasteiger partial charge in [-0.25, -0.2) is 13.2 Å². The van der Waals surface area contributed by atoms with Crippen molar-refractivity contribution in [1.82, 2.24) is 24.6 Å². The lowest BCUT2D eigenvalue weighted by Crippen LogP contribution is -2.13. The molecule has 0 saturated heterocycles. The number of hydrogen-bond donors (Lipinski definition) is 0. The van der Waals surface area contributed by atoms with E-state index >= 15 is 0 Å². The molecule has 6 nitrogen and oxygen atoms in total. The molecular formula is C22H14ClF3N6. The van der Waals surface area contributed by atoms with Gasteiger partial charge in [0.25, 0.3) is 12.2 Å². The molecule has 0 aliphatic carbocycles. The van der Waals surface area contributed by atoms with Gasteiger partial charge in [-0.2, -0.15) is 4.98 Å². The summed E-state index contributed by atoms with van der Waals surface area (Å²) in [5, 5.41) is 8.40. The summed E-state index contributed by atoms with van der Waals surface area (Å²) in [6.45, 7) is 0. The molecule has 0 aliphatic rings. The van der Waals surface area contributed by atoms with Crippen LogP contribution < -0.4 is 4.90 Å². The van der Waals surface area contributed by atoms with E-state index in [1.165, 1.54) is 30.7 Å². The fourth-order valence-corrected chi connectivity index (χ4v) is 3.68. The van der Waals surface area contributed by atoms with E-state index in [9.17, 15) is 13.2 Å². The third-order valence-corrected chi connectivity index (χ3v) is 5.46. The first kappa shape index (κ1) is 20.2. The van der Waals surface area contributed by atoms with Gasteiger partial charge in [0, 0.05) is 29.9 Å². The second-order valence-corrected chi connectivity index (χ2v) is 7.51. The highest BCUT2D eigenvalue weighted by molar-refractivity contribution is 6.31. The Morgan fingerprint density at radius 2 is 1.91 bits per heavy atom. The SMILES string of the molecule is CN(c1cccc(-c2ccc(C(F)F)nc2)c1)c1nc2nncn2c2cc(Cl)c(F)cc12. The van der Waals surface area contributed by atoms with Crippen molar-refractivity contribution >= 4 is 39.8 Å². The summed E-state index contributed by atoms with van der Waals surface area (Å²) < 4.78 is 41.6. The van der Waals surface area contributed by atoms with Gasteiger partial charge in [0.2, 0.25) is 0 Å². The number of rotatable bonds is 4. The predicted molar refractivity (Wildman–Crippen MR) is 116 cm³/mol. The second kappa shape index (κ2) is 7.76. The predicted octanol–water partition coefficient (Wildman–Crippen LogP) is 5.84. The van der Waals surface area contributed by atoms with Crippen LogP contribution in [0.2, 0.25) is 5.02 Å². The van der Waals surface area contributed by atoms with E-state index in [1.54, 1.807) is 22.4 Å². The Balaban J connectivity index is 1.62. The maximum absolute atomic E-state index is 14.3. The van der Waals surface area contributed by atoms with Gasteiger partial charge in [-0.3, -0.25) is 9.38 Å². The summed E-state index contributed by atoms with van der Waals surface area (Å²) in [7, 11) is 1.79. The fraction of sp³-hybridized carbons (Fsp3) is 0.0909. The molecule has 0 N–H and O–H groups in total. The Morgan fingerprint density at radius 1 is 1.06 bits per heavy atom. The lowest BCUT2D eigenvalue weighted by Gasteiger charge is -2.21. The lowest BCUT2D eigenvalue weighted by molar-refractivity contribution is 0.146. The average Bonchev–Trinajstić information content (AvgIpc) is 3.28. The summed E-state index contributed by atoms with van der Waals surface area (Å²) in [4.78, 5) is 10.2. The zero-order valence-electron chi connectivity index (χ0n) is 16.5. The number of alkyl halides is 2. The summed E-state index contributed by atoms with van der Waals surface area (Å²) in [5.41, 5.74) is 2.54. The molecule has 0 unspecified atom stereocenters. The Labute approximate surface area is 184 Å². The highest BCUT2D eigenvalue weighted by Gasteiger charge is 2.17. The highest BCUT2D eigenvalue weighted by Crippen LogP contribution is 2.34. The van der Waals surface area contributed by atoms with Gasteiger partial charge in [0.15, 0.2) is 0 Å². The summed E-state index contributed by atoms with van der Waals surface area (Å²) in [6.07, 6.45) is 0.273. The number of halogens is 4. The first-order chi connectivity index (χ1) is 15.4. The number of benzene rings is 2. The van der Waals surface area contributed by atoms with Crippen molar-refractivity contribution in [3.63, 3.8) is 0 Å². The maximum Gasteiger partial charge on any atom is 0.280 e. The van der Waals surface area contributed by atoms with Crippen molar-refractivity contribution in [2.45, 2.75) is 6.43 Å². The summed E-state index contributed by atoms with van der Waals surface area (Å²) >= 11 is 6.01. The molecule has 0 amide bonds. The summed E-state index contributed by atoms with van der Waals surface area (Å²) in [5.74, 6) is 0.228. The number of nitrogens with zero attached hydrogens (tertiary/aromatic N) is 6. The van der Waals surface area contributed by atoms with Gasteiger partial charge < -0.3 is 4.90 Å². The van der Waals surface area contributed by atoms with Crippen molar-refractivity contribution in [2.75, 3.05) is 11.9 Å². The van der Waals surface area contributed by atoms with Crippen LogP contribution in [0, 0.1) is 5.82 Å². The monoisotopic (exact) mass is 454 g/mol. The molecule has 5 rings (SSSR count). The normalized spacial score (nSPS) is 11.6. The minimum atomic E-state index is -2.62. The van der Waals surface area contributed by atoms with Gasteiger partial charge in [-0.15, -0.1) is 10.2 Å². The van der Waals surface area contributed by atoms with Gasteiger partial charge in [0.1, 0.15) is 23.7 Å². The standard InChI is InChI=1S/C22H14ClF3N6/c1-31(14-4-2-3-12(7-14)13-5-6-18(20(25)26)27-10-13)21-15-8-17(24)16(23)9-19(15)32-11-28-30-22(32)29-21/h2-11,20H,1H3. The van der Waals surface area contributed by atoms with Gasteiger partial charge >= 0.3 is 0 Å². The number of fused-ring (bicyclic) bond motifs is 3. The third-order valence-electron chi connectivity index (χ3n) is 5.17. The van der Waals surface area contributed by atoms with Crippen LogP contribution in [-0.2, 0) is 0 Å². The zero-order chi connectivity index (χ0) is 22.4. The molecule has 0 atom stereocenters. The second-order valence-electron chi connectivity index (χ2n) is 7.10. The number of hydrogen-bond acceptors (Lipinski definition) is 5. The van der Waals surface area contributed by atoms with Crippen molar-refractivity contribution in [2.24, 2.45) is 0 Å². The maximum atomic E-state index is 14.3. The minimum Gasteiger partial charge on any atom is -0.329 e. The lowest BCUT2D eigenvalue weighted by atomic mass is 10.1. The molecular weight excluding hydrogens is 441 g/mol. The van der Waals surface area contributed by atoms with Crippen LogP contribution in [0.3, 0.4) is 0 Å². The first-order valence-corrected chi connectivity index (χ1v) is 9.87. The molecule has 0 spiro atoms. The zero-order valence-corrected chi connectivity index (χ0v) is 17.3. The smallest absolute Gasteiger partial charge is 0.280 e. The Hall–Kier alpha value is -3.72. The molecule has 0 radical (unpaired) electrons. The van der Waals surface area contributed by atoms with Crippen LogP contribution >= 0.6 is 11.6 Å². The van der Waals surface area contributed by atoms with Crippen LogP contribution in [0.15, 0.2) is 61.1 Å². The van der Waals surface area contributed by atoms with E-state index in [2.05, 4.69) is 20.2 Å². The summed E-state index contributed by atoms with van der Waals surface area (Å²) in [6, 6.07) is 13.1. The van der Waals surface area contributed by atoms with Crippen LogP contribution in [-0.4, -0.2) is 31.6 Å². The molecule has 0 saturated carbocycles. The van der Waals surface area contributed by atoms with Crippen molar-refractivity contribution in [3.8, 4) is 11.1 Å². The Morgan fingerprint density at radius 3 is 2.66 bits per heavy atom. The molecule has 0 aliphatic heterocycles. The molecule has 160 valence electrons. The van der Waals surface area contributed by atoms with Gasteiger partial charge in [-0.05, 0) is 35.9 Å². The van der Waals surface area contributed by atoms with E-state index in [1.807, 2.05) is 24.3 Å². The number of anilines is 2. The van der Waals surface area contributed by atoms with Crippen molar-refractivity contribution in [1.29, 1.82) is 0 Å². The molecule has 0 fully saturated rings. The van der Waals surface area contributed by atoms with E-state index in [-0.39, 0.29) is 10.7 Å². The van der Waals surface area contributed by atoms with E-state index < -0.39 is 12.2 Å². The van der Waals surface area contributed by atoms with Crippen LogP contribution in [0.1, 0.15) is 12.1 Å².